The first-order chi connectivity index (χ1) is 20.9. The van der Waals surface area contributed by atoms with Crippen molar-refractivity contribution in [1.29, 1.82) is 0 Å². The largest absolute Gasteiger partial charge is 0.544 e. The molecule has 44 heavy (non-hydrogen) atoms. The quantitative estimate of drug-likeness (QED) is 0.145. The van der Waals surface area contributed by atoms with Crippen molar-refractivity contribution < 1.29 is 28.3 Å². The van der Waals surface area contributed by atoms with Crippen molar-refractivity contribution >= 4 is 48.7 Å². The predicted molar refractivity (Wildman–Crippen MR) is 180 cm³/mol. The van der Waals surface area contributed by atoms with Crippen molar-refractivity contribution in [2.45, 2.75) is 65.6 Å². The molecule has 0 saturated carbocycles. The lowest BCUT2D eigenvalue weighted by Crippen LogP contribution is -2.43. The van der Waals surface area contributed by atoms with Crippen molar-refractivity contribution in [2.75, 3.05) is 25.1 Å². The highest BCUT2D eigenvalue weighted by Crippen LogP contribution is 2.38. The predicted octanol–water partition coefficient (Wildman–Crippen LogP) is 8.11. The zero-order valence-corrected chi connectivity index (χ0v) is 28.6. The number of anilines is 1. The van der Waals surface area contributed by atoms with Crippen LogP contribution in [-0.4, -0.2) is 46.0 Å². The zero-order chi connectivity index (χ0) is 32.3. The van der Waals surface area contributed by atoms with Gasteiger partial charge in [-0.05, 0) is 73.6 Å². The Bertz CT molecular complexity index is 1440. The van der Waals surface area contributed by atoms with Gasteiger partial charge in [0.15, 0.2) is 0 Å². The minimum absolute atomic E-state index is 0.113. The van der Waals surface area contributed by atoms with Gasteiger partial charge in [0.2, 0.25) is 8.32 Å². The van der Waals surface area contributed by atoms with E-state index in [9.17, 15) is 14.4 Å². The molecule has 0 aliphatic heterocycles. The van der Waals surface area contributed by atoms with Crippen LogP contribution in [0.2, 0.25) is 18.1 Å². The Kier molecular flexibility index (Phi) is 12.4. The first-order valence-electron chi connectivity index (χ1n) is 14.9. The number of urea groups is 1. The third-order valence-electron chi connectivity index (χ3n) is 7.43. The number of rotatable bonds is 13. The molecule has 8 nitrogen and oxygen atoms in total. The molecule has 0 aliphatic carbocycles. The topological polar surface area (TPSA) is 103 Å². The van der Waals surface area contributed by atoms with Crippen molar-refractivity contribution in [2.24, 2.45) is 0 Å². The molecule has 1 aromatic heterocycles. The molecule has 3 rings (SSSR count). The molecule has 0 fully saturated rings. The Morgan fingerprint density at radius 3 is 2.14 bits per heavy atom. The second kappa shape index (κ2) is 15.7. The molecule has 0 spiro atoms. The molecule has 0 unspecified atom stereocenters. The van der Waals surface area contributed by atoms with E-state index in [2.05, 4.69) is 44.5 Å². The van der Waals surface area contributed by atoms with Crippen LogP contribution in [0.3, 0.4) is 0 Å². The molecule has 2 N–H and O–H groups in total. The fraction of sp³-hybridized carbons (Fsp3) is 0.382. The first kappa shape index (κ1) is 34.6. The molecule has 0 saturated heterocycles. The third-order valence-corrected chi connectivity index (χ3v) is 12.9. The van der Waals surface area contributed by atoms with Gasteiger partial charge in [0.25, 0.3) is 0 Å². The molecular formula is C34H44N2O6SSi. The Labute approximate surface area is 265 Å². The standard InChI is InChI=1S/C34H44N2O6SSi/c1-8-40-31(37)28-27(22-19-24-14-11-10-12-15-24)29(32(38)41-9-2)43-30(28)36-33(39)35-23-13-16-25-17-20-26(21-18-25)42-44(6,7)34(3,4)5/h10-18,20-21H,8-9,19,22-23H2,1-7H3,(H2,35,36,39)/b16-13+. The molecule has 0 bridgehead atoms. The SMILES string of the molecule is CCOC(=O)c1sc(NC(=O)NC/C=C/c2ccc(O[Si](C)(C)C(C)(C)C)cc2)c(C(=O)OCC)c1CCc1ccccc1. The molecule has 0 aliphatic rings. The van der Waals surface area contributed by atoms with Crippen LogP contribution in [0, 0.1) is 0 Å². The fourth-order valence-corrected chi connectivity index (χ4v) is 6.23. The second-order valence-electron chi connectivity index (χ2n) is 11.7. The van der Waals surface area contributed by atoms with Crippen LogP contribution in [0.25, 0.3) is 6.08 Å². The molecule has 0 radical (unpaired) electrons. The van der Waals surface area contributed by atoms with Crippen LogP contribution in [0.5, 0.6) is 5.75 Å². The van der Waals surface area contributed by atoms with E-state index in [-0.39, 0.29) is 40.2 Å². The molecule has 10 heteroatoms. The molecule has 1 heterocycles. The second-order valence-corrected chi connectivity index (χ2v) is 17.5. The summed E-state index contributed by atoms with van der Waals surface area (Å²) in [6, 6.07) is 17.1. The van der Waals surface area contributed by atoms with Gasteiger partial charge >= 0.3 is 18.0 Å². The first-order valence-corrected chi connectivity index (χ1v) is 18.6. The number of aryl methyl sites for hydroxylation is 1. The van der Waals surface area contributed by atoms with Crippen LogP contribution >= 0.6 is 11.3 Å². The van der Waals surface area contributed by atoms with E-state index < -0.39 is 26.3 Å². The summed E-state index contributed by atoms with van der Waals surface area (Å²) in [5.41, 5.74) is 2.72. The summed E-state index contributed by atoms with van der Waals surface area (Å²) in [6.07, 6.45) is 4.73. The van der Waals surface area contributed by atoms with Gasteiger partial charge in [0.05, 0.1) is 18.8 Å². The molecule has 236 valence electrons. The Balaban J connectivity index is 1.71. The Morgan fingerprint density at radius 1 is 0.886 bits per heavy atom. The van der Waals surface area contributed by atoms with Gasteiger partial charge < -0.3 is 19.2 Å². The normalized spacial score (nSPS) is 11.7. The van der Waals surface area contributed by atoms with Gasteiger partial charge in [-0.2, -0.15) is 0 Å². The maximum atomic E-state index is 13.1. The number of benzene rings is 2. The van der Waals surface area contributed by atoms with Crippen molar-refractivity contribution in [1.82, 2.24) is 5.32 Å². The summed E-state index contributed by atoms with van der Waals surface area (Å²) in [6.45, 7) is 15.1. The fourth-order valence-electron chi connectivity index (χ4n) is 4.08. The number of ether oxygens (including phenoxy) is 2. The lowest BCUT2D eigenvalue weighted by Gasteiger charge is -2.36. The van der Waals surface area contributed by atoms with Crippen LogP contribution in [0.1, 0.15) is 71.3 Å². The van der Waals surface area contributed by atoms with E-state index >= 15 is 0 Å². The highest BCUT2D eigenvalue weighted by molar-refractivity contribution is 7.18. The molecule has 2 aromatic carbocycles. The van der Waals surface area contributed by atoms with Gasteiger partial charge in [0, 0.05) is 6.54 Å². The summed E-state index contributed by atoms with van der Waals surface area (Å²) in [5.74, 6) is -0.285. The van der Waals surface area contributed by atoms with Crippen LogP contribution in [0.4, 0.5) is 9.80 Å². The smallest absolute Gasteiger partial charge is 0.348 e. The number of esters is 2. The number of carbonyl (C=O) groups is 3. The van der Waals surface area contributed by atoms with Crippen LogP contribution in [0.15, 0.2) is 60.7 Å². The van der Waals surface area contributed by atoms with Gasteiger partial charge in [0.1, 0.15) is 15.6 Å². The Morgan fingerprint density at radius 2 is 1.52 bits per heavy atom. The van der Waals surface area contributed by atoms with Crippen LogP contribution < -0.4 is 15.1 Å². The minimum atomic E-state index is -1.91. The molecule has 2 amide bonds. The zero-order valence-electron chi connectivity index (χ0n) is 26.7. The van der Waals surface area contributed by atoms with Crippen molar-refractivity contribution in [3.63, 3.8) is 0 Å². The average Bonchev–Trinajstić information content (AvgIpc) is 3.33. The lowest BCUT2D eigenvalue weighted by atomic mass is 10.0. The summed E-state index contributed by atoms with van der Waals surface area (Å²) in [5, 5.41) is 5.90. The highest BCUT2D eigenvalue weighted by Gasteiger charge is 2.39. The van der Waals surface area contributed by atoms with Gasteiger partial charge in [-0.15, -0.1) is 11.3 Å². The maximum absolute atomic E-state index is 13.1. The monoisotopic (exact) mass is 636 g/mol. The summed E-state index contributed by atoms with van der Waals surface area (Å²) < 4.78 is 16.9. The summed E-state index contributed by atoms with van der Waals surface area (Å²) >= 11 is 1.02. The van der Waals surface area contributed by atoms with Crippen LogP contribution in [-0.2, 0) is 22.3 Å². The molecular weight excluding hydrogens is 593 g/mol. The molecule has 0 atom stereocenters. The van der Waals surface area contributed by atoms with Crippen molar-refractivity contribution in [3.05, 3.63) is 87.8 Å². The van der Waals surface area contributed by atoms with E-state index in [1.165, 1.54) is 0 Å². The number of nitrogens with one attached hydrogen (secondary N) is 2. The highest BCUT2D eigenvalue weighted by atomic mass is 32.1. The van der Waals surface area contributed by atoms with E-state index in [4.69, 9.17) is 13.9 Å². The van der Waals surface area contributed by atoms with Gasteiger partial charge in [-0.1, -0.05) is 75.4 Å². The van der Waals surface area contributed by atoms with E-state index in [0.29, 0.717) is 18.4 Å². The summed E-state index contributed by atoms with van der Waals surface area (Å²) in [7, 11) is -1.91. The third kappa shape index (κ3) is 9.55. The number of hydrogen-bond donors (Lipinski definition) is 2. The van der Waals surface area contributed by atoms with Crippen molar-refractivity contribution in [3.8, 4) is 5.75 Å². The minimum Gasteiger partial charge on any atom is -0.544 e. The van der Waals surface area contributed by atoms with E-state index in [0.717, 1.165) is 28.2 Å². The molecule has 3 aromatic rings. The number of hydrogen-bond acceptors (Lipinski definition) is 7. The van der Waals surface area contributed by atoms with Gasteiger partial charge in [-0.25, -0.2) is 14.4 Å². The lowest BCUT2D eigenvalue weighted by molar-refractivity contribution is 0.0527. The van der Waals surface area contributed by atoms with E-state index in [1.807, 2.05) is 66.7 Å². The summed E-state index contributed by atoms with van der Waals surface area (Å²) in [4.78, 5) is 39.1. The van der Waals surface area contributed by atoms with E-state index in [1.54, 1.807) is 13.8 Å². The number of carbonyl (C=O) groups excluding carboxylic acids is 3. The Hall–Kier alpha value is -3.89. The maximum Gasteiger partial charge on any atom is 0.348 e. The average molecular weight is 637 g/mol. The number of thiophene rings is 1. The van der Waals surface area contributed by atoms with Gasteiger partial charge in [-0.3, -0.25) is 5.32 Å². The number of amides is 2.